The third kappa shape index (κ3) is 14.8. The third-order valence-electron chi connectivity index (χ3n) is 6.85. The summed E-state index contributed by atoms with van der Waals surface area (Å²) in [5.74, 6) is 1.59. The first-order valence-electron chi connectivity index (χ1n) is 14.4. The van der Waals surface area contributed by atoms with Gasteiger partial charge in [0, 0.05) is 6.42 Å². The molecule has 0 aliphatic rings. The lowest BCUT2D eigenvalue weighted by molar-refractivity contribution is -0.704. The fraction of sp³-hybridized carbons (Fsp3) is 0.897. The van der Waals surface area contributed by atoms with Gasteiger partial charge in [0.25, 0.3) is 5.82 Å². The largest absolute Gasteiger partial charge is 0.256 e. The summed E-state index contributed by atoms with van der Waals surface area (Å²) in [6.45, 7) is 9.34. The molecule has 1 heterocycles. The van der Waals surface area contributed by atoms with Gasteiger partial charge in [-0.15, -0.1) is 0 Å². The van der Waals surface area contributed by atoms with Crippen LogP contribution < -0.4 is 4.57 Å². The number of imidazole rings is 1. The Morgan fingerprint density at radius 1 is 0.548 bits per heavy atom. The second-order valence-corrected chi connectivity index (χ2v) is 9.86. The van der Waals surface area contributed by atoms with Crippen molar-refractivity contribution in [1.29, 1.82) is 0 Å². The van der Waals surface area contributed by atoms with E-state index in [1.54, 1.807) is 5.82 Å². The molecule has 2 heteroatoms. The molecule has 1 aromatic rings. The highest BCUT2D eigenvalue weighted by atomic mass is 15.1. The van der Waals surface area contributed by atoms with Gasteiger partial charge in [-0.3, -0.25) is 0 Å². The van der Waals surface area contributed by atoms with Crippen molar-refractivity contribution in [1.82, 2.24) is 4.57 Å². The molecule has 0 aromatic carbocycles. The molecule has 0 fully saturated rings. The maximum atomic E-state index is 2.58. The SMILES string of the molecule is CCCCCCCCCCCCCc1n(CCCC)cc[n+]1CCCCCCCCC. The van der Waals surface area contributed by atoms with E-state index in [2.05, 4.69) is 42.3 Å². The maximum Gasteiger partial charge on any atom is 0.256 e. The third-order valence-corrected chi connectivity index (χ3v) is 6.85. The predicted octanol–water partition coefficient (Wildman–Crippen LogP) is 9.18. The Morgan fingerprint density at radius 2 is 1.00 bits per heavy atom. The highest BCUT2D eigenvalue weighted by Gasteiger charge is 2.16. The summed E-state index contributed by atoms with van der Waals surface area (Å²) in [6, 6.07) is 0. The van der Waals surface area contributed by atoms with Crippen LogP contribution in [0.15, 0.2) is 12.4 Å². The number of nitrogens with zero attached hydrogens (tertiary/aromatic N) is 2. The lowest BCUT2D eigenvalue weighted by Gasteiger charge is -2.06. The van der Waals surface area contributed by atoms with E-state index in [4.69, 9.17) is 0 Å². The van der Waals surface area contributed by atoms with Crippen molar-refractivity contribution >= 4 is 0 Å². The monoisotopic (exact) mass is 433 g/mol. The number of aromatic nitrogens is 2. The van der Waals surface area contributed by atoms with Crippen LogP contribution in [0.3, 0.4) is 0 Å². The van der Waals surface area contributed by atoms with Crippen LogP contribution in [0.2, 0.25) is 0 Å². The Bertz CT molecular complexity index is 491. The number of aryl methyl sites for hydroxylation is 2. The van der Waals surface area contributed by atoms with E-state index < -0.39 is 0 Å². The Kier molecular flexibility index (Phi) is 19.2. The first-order valence-corrected chi connectivity index (χ1v) is 14.4. The molecule has 0 N–H and O–H groups in total. The Labute approximate surface area is 196 Å². The van der Waals surface area contributed by atoms with Crippen LogP contribution in [0, 0.1) is 0 Å². The minimum absolute atomic E-state index is 1.20. The van der Waals surface area contributed by atoms with Crippen LogP contribution in [0.4, 0.5) is 0 Å². The van der Waals surface area contributed by atoms with E-state index >= 15 is 0 Å². The van der Waals surface area contributed by atoms with Crippen molar-refractivity contribution in [3.8, 4) is 0 Å². The highest BCUT2D eigenvalue weighted by Crippen LogP contribution is 2.13. The Hall–Kier alpha value is -0.790. The summed E-state index contributed by atoms with van der Waals surface area (Å²) in [4.78, 5) is 0. The fourth-order valence-corrected chi connectivity index (χ4v) is 4.71. The lowest BCUT2D eigenvalue weighted by atomic mass is 10.1. The van der Waals surface area contributed by atoms with Crippen molar-refractivity contribution in [3.63, 3.8) is 0 Å². The van der Waals surface area contributed by atoms with E-state index in [1.165, 1.54) is 148 Å². The minimum atomic E-state index is 1.20. The first-order chi connectivity index (χ1) is 15.3. The van der Waals surface area contributed by atoms with Crippen LogP contribution in [0.1, 0.15) is 155 Å². The zero-order valence-corrected chi connectivity index (χ0v) is 21.8. The molecule has 0 aliphatic carbocycles. The molecule has 182 valence electrons. The van der Waals surface area contributed by atoms with Crippen LogP contribution >= 0.6 is 0 Å². The highest BCUT2D eigenvalue weighted by molar-refractivity contribution is 4.84. The standard InChI is InChI=1S/C29H57N2/c1-4-7-10-12-14-15-16-17-18-20-22-24-29-30(25-9-6-3)27-28-31(29)26-23-21-19-13-11-8-5-2/h27-28H,4-26H2,1-3H3/q+1. The molecule has 0 saturated carbocycles. The van der Waals surface area contributed by atoms with Gasteiger partial charge in [0.2, 0.25) is 0 Å². The van der Waals surface area contributed by atoms with Crippen LogP contribution in [0.25, 0.3) is 0 Å². The molecule has 2 nitrogen and oxygen atoms in total. The molecule has 0 saturated heterocycles. The first kappa shape index (κ1) is 28.2. The maximum absolute atomic E-state index is 2.58. The summed E-state index contributed by atoms with van der Waals surface area (Å²) in [7, 11) is 0. The molecule has 31 heavy (non-hydrogen) atoms. The zero-order chi connectivity index (χ0) is 22.4. The van der Waals surface area contributed by atoms with Gasteiger partial charge in [0.15, 0.2) is 0 Å². The van der Waals surface area contributed by atoms with E-state index in [9.17, 15) is 0 Å². The number of hydrogen-bond acceptors (Lipinski definition) is 0. The predicted molar refractivity (Wildman–Crippen MR) is 138 cm³/mol. The van der Waals surface area contributed by atoms with Crippen molar-refractivity contribution < 1.29 is 4.57 Å². The van der Waals surface area contributed by atoms with Gasteiger partial charge in [-0.1, -0.05) is 124 Å². The summed E-state index contributed by atoms with van der Waals surface area (Å²) in [5.41, 5.74) is 0. The smallest absolute Gasteiger partial charge is 0.234 e. The number of unbranched alkanes of at least 4 members (excludes halogenated alkanes) is 17. The van der Waals surface area contributed by atoms with Crippen molar-refractivity contribution in [2.45, 2.75) is 169 Å². The summed E-state index contributed by atoms with van der Waals surface area (Å²) < 4.78 is 5.14. The summed E-state index contributed by atoms with van der Waals surface area (Å²) >= 11 is 0. The average Bonchev–Trinajstić information content (AvgIpc) is 3.16. The van der Waals surface area contributed by atoms with E-state index in [0.717, 1.165) is 0 Å². The Morgan fingerprint density at radius 3 is 1.52 bits per heavy atom. The Balaban J connectivity index is 2.24. The topological polar surface area (TPSA) is 8.81 Å². The molecule has 1 aromatic heterocycles. The van der Waals surface area contributed by atoms with Gasteiger partial charge in [-0.2, -0.15) is 0 Å². The molecule has 0 unspecified atom stereocenters. The van der Waals surface area contributed by atoms with Crippen LogP contribution in [-0.4, -0.2) is 4.57 Å². The molecule has 0 atom stereocenters. The van der Waals surface area contributed by atoms with E-state index in [1.807, 2.05) is 0 Å². The van der Waals surface area contributed by atoms with Gasteiger partial charge in [0.05, 0.1) is 13.1 Å². The normalized spacial score (nSPS) is 11.5. The number of hydrogen-bond donors (Lipinski definition) is 0. The molecule has 0 spiro atoms. The lowest BCUT2D eigenvalue weighted by Crippen LogP contribution is -2.37. The molecule has 0 amide bonds. The molecular weight excluding hydrogens is 376 g/mol. The zero-order valence-electron chi connectivity index (χ0n) is 21.8. The molecule has 0 aliphatic heterocycles. The summed E-state index contributed by atoms with van der Waals surface area (Å²) in [5, 5.41) is 0. The van der Waals surface area contributed by atoms with Gasteiger partial charge >= 0.3 is 0 Å². The second kappa shape index (κ2) is 21.1. The van der Waals surface area contributed by atoms with E-state index in [0.29, 0.717) is 0 Å². The van der Waals surface area contributed by atoms with E-state index in [-0.39, 0.29) is 0 Å². The van der Waals surface area contributed by atoms with Crippen molar-refractivity contribution in [3.05, 3.63) is 18.2 Å². The number of rotatable bonds is 23. The van der Waals surface area contributed by atoms with Crippen LogP contribution in [0.5, 0.6) is 0 Å². The molecule has 0 radical (unpaired) electrons. The molecule has 1 rings (SSSR count). The molecule has 0 bridgehead atoms. The van der Waals surface area contributed by atoms with Gasteiger partial charge in [0.1, 0.15) is 12.4 Å². The van der Waals surface area contributed by atoms with Crippen molar-refractivity contribution in [2.75, 3.05) is 0 Å². The van der Waals surface area contributed by atoms with Crippen molar-refractivity contribution in [2.24, 2.45) is 0 Å². The molecular formula is C29H57N2+. The fourth-order valence-electron chi connectivity index (χ4n) is 4.71. The van der Waals surface area contributed by atoms with Gasteiger partial charge in [-0.25, -0.2) is 9.13 Å². The van der Waals surface area contributed by atoms with Gasteiger partial charge in [-0.05, 0) is 25.7 Å². The summed E-state index contributed by atoms with van der Waals surface area (Å²) in [6.07, 6.45) is 34.1. The quantitative estimate of drug-likeness (QED) is 0.120. The minimum Gasteiger partial charge on any atom is -0.234 e. The second-order valence-electron chi connectivity index (χ2n) is 9.86. The van der Waals surface area contributed by atoms with Crippen LogP contribution in [-0.2, 0) is 19.5 Å². The average molecular weight is 434 g/mol. The van der Waals surface area contributed by atoms with Gasteiger partial charge < -0.3 is 0 Å².